The average Bonchev–Trinajstić information content (AvgIpc) is 2.93. The van der Waals surface area contributed by atoms with E-state index in [2.05, 4.69) is 5.32 Å². The van der Waals surface area contributed by atoms with Crippen molar-refractivity contribution in [3.05, 3.63) is 0 Å². The average molecular weight is 235 g/mol. The van der Waals surface area contributed by atoms with Crippen molar-refractivity contribution in [3.8, 4) is 0 Å². The van der Waals surface area contributed by atoms with Crippen LogP contribution in [0, 0.1) is 5.41 Å². The molecule has 1 rings (SSSR count). The first kappa shape index (κ1) is 12.9. The molecular weight excluding hydrogens is 214 g/mol. The Kier molecular flexibility index (Phi) is 4.55. The molecule has 0 unspecified atom stereocenters. The second kappa shape index (κ2) is 5.27. The largest absolute Gasteiger partial charge is 0.396 e. The predicted molar refractivity (Wildman–Crippen MR) is 60.6 cm³/mol. The minimum atomic E-state index is -2.86. The molecule has 0 spiro atoms. The first-order valence-corrected chi connectivity index (χ1v) is 7.38. The van der Waals surface area contributed by atoms with Gasteiger partial charge in [-0.2, -0.15) is 0 Å². The van der Waals surface area contributed by atoms with Crippen LogP contribution in [0.2, 0.25) is 0 Å². The highest BCUT2D eigenvalue weighted by Gasteiger charge is 2.41. The Bertz CT molecular complexity index is 283. The highest BCUT2D eigenvalue weighted by molar-refractivity contribution is 7.91. The molecule has 2 N–H and O–H groups in total. The Balaban J connectivity index is 2.11. The van der Waals surface area contributed by atoms with Crippen molar-refractivity contribution in [3.63, 3.8) is 0 Å². The summed E-state index contributed by atoms with van der Waals surface area (Å²) in [7, 11) is -2.86. The Hall–Kier alpha value is -0.130. The summed E-state index contributed by atoms with van der Waals surface area (Å²) in [6.45, 7) is 3.33. The fraction of sp³-hybridized carbons (Fsp3) is 1.00. The van der Waals surface area contributed by atoms with E-state index in [1.54, 1.807) is 0 Å². The van der Waals surface area contributed by atoms with Crippen molar-refractivity contribution in [1.29, 1.82) is 0 Å². The zero-order valence-corrected chi connectivity index (χ0v) is 10.1. The van der Waals surface area contributed by atoms with Gasteiger partial charge >= 0.3 is 0 Å². The fourth-order valence-corrected chi connectivity index (χ4v) is 2.84. The molecule has 0 amide bonds. The molecule has 0 saturated heterocycles. The molecule has 5 heteroatoms. The molecule has 1 saturated carbocycles. The van der Waals surface area contributed by atoms with Gasteiger partial charge in [0.15, 0.2) is 9.84 Å². The van der Waals surface area contributed by atoms with E-state index in [1.165, 1.54) is 0 Å². The predicted octanol–water partition coefficient (Wildman–Crippen LogP) is 0.173. The van der Waals surface area contributed by atoms with E-state index in [4.69, 9.17) is 5.11 Å². The topological polar surface area (TPSA) is 66.4 Å². The van der Waals surface area contributed by atoms with E-state index in [1.807, 2.05) is 6.92 Å². The summed E-state index contributed by atoms with van der Waals surface area (Å²) in [5, 5.41) is 12.2. The Morgan fingerprint density at radius 1 is 1.33 bits per heavy atom. The second-order valence-corrected chi connectivity index (χ2v) is 6.79. The van der Waals surface area contributed by atoms with E-state index in [-0.39, 0.29) is 23.5 Å². The summed E-state index contributed by atoms with van der Waals surface area (Å²) < 4.78 is 22.7. The quantitative estimate of drug-likeness (QED) is 0.589. The van der Waals surface area contributed by atoms with Gasteiger partial charge in [0.05, 0.1) is 5.75 Å². The molecular formula is C10H21NO3S. The van der Waals surface area contributed by atoms with Crippen LogP contribution >= 0.6 is 0 Å². The SMILES string of the molecule is CCCS(=O)(=O)CCNCC1(CO)CC1. The molecule has 0 aliphatic heterocycles. The molecule has 15 heavy (non-hydrogen) atoms. The molecule has 0 aromatic heterocycles. The van der Waals surface area contributed by atoms with Crippen LogP contribution < -0.4 is 5.32 Å². The van der Waals surface area contributed by atoms with Gasteiger partial charge in [-0.25, -0.2) is 8.42 Å². The first-order valence-electron chi connectivity index (χ1n) is 5.56. The zero-order valence-electron chi connectivity index (χ0n) is 9.33. The van der Waals surface area contributed by atoms with Gasteiger partial charge in [-0.15, -0.1) is 0 Å². The van der Waals surface area contributed by atoms with Crippen molar-refractivity contribution < 1.29 is 13.5 Å². The van der Waals surface area contributed by atoms with Crippen molar-refractivity contribution in [2.45, 2.75) is 26.2 Å². The van der Waals surface area contributed by atoms with Crippen molar-refractivity contribution in [2.75, 3.05) is 31.2 Å². The normalized spacial score (nSPS) is 19.1. The molecule has 0 atom stereocenters. The number of hydrogen-bond donors (Lipinski definition) is 2. The first-order chi connectivity index (χ1) is 7.04. The monoisotopic (exact) mass is 235 g/mol. The minimum absolute atomic E-state index is 0.0640. The van der Waals surface area contributed by atoms with Crippen LogP contribution in [-0.2, 0) is 9.84 Å². The Morgan fingerprint density at radius 3 is 2.47 bits per heavy atom. The standard InChI is InChI=1S/C10H21NO3S/c1-2-6-15(13,14)7-5-11-8-10(9-12)3-4-10/h11-12H,2-9H2,1H3. The molecule has 1 aliphatic rings. The lowest BCUT2D eigenvalue weighted by molar-refractivity contribution is 0.208. The molecule has 4 nitrogen and oxygen atoms in total. The smallest absolute Gasteiger partial charge is 0.151 e. The molecule has 0 aromatic carbocycles. The highest BCUT2D eigenvalue weighted by Crippen LogP contribution is 2.44. The van der Waals surface area contributed by atoms with Gasteiger partial charge in [0.1, 0.15) is 0 Å². The van der Waals surface area contributed by atoms with Gasteiger partial charge in [-0.1, -0.05) is 6.92 Å². The van der Waals surface area contributed by atoms with Crippen LogP contribution in [0.1, 0.15) is 26.2 Å². The minimum Gasteiger partial charge on any atom is -0.396 e. The number of aliphatic hydroxyl groups excluding tert-OH is 1. The van der Waals surface area contributed by atoms with E-state index >= 15 is 0 Å². The van der Waals surface area contributed by atoms with Gasteiger partial charge < -0.3 is 10.4 Å². The molecule has 0 aromatic rings. The highest BCUT2D eigenvalue weighted by atomic mass is 32.2. The molecule has 90 valence electrons. The van der Waals surface area contributed by atoms with Crippen molar-refractivity contribution in [1.82, 2.24) is 5.32 Å². The lowest BCUT2D eigenvalue weighted by Crippen LogP contribution is -2.31. The van der Waals surface area contributed by atoms with Crippen molar-refractivity contribution in [2.24, 2.45) is 5.41 Å². The maximum atomic E-state index is 11.4. The summed E-state index contributed by atoms with van der Waals surface area (Å²) in [6, 6.07) is 0. The van der Waals surface area contributed by atoms with E-state index in [0.29, 0.717) is 13.0 Å². The number of aliphatic hydroxyl groups is 1. The Morgan fingerprint density at radius 2 is 2.00 bits per heavy atom. The van der Waals surface area contributed by atoms with E-state index < -0.39 is 9.84 Å². The van der Waals surface area contributed by atoms with Crippen LogP contribution in [0.5, 0.6) is 0 Å². The third-order valence-corrected chi connectivity index (χ3v) is 4.75. The van der Waals surface area contributed by atoms with Gasteiger partial charge in [0.25, 0.3) is 0 Å². The molecule has 1 fully saturated rings. The molecule has 0 heterocycles. The molecule has 0 radical (unpaired) electrons. The van der Waals surface area contributed by atoms with E-state index in [9.17, 15) is 8.42 Å². The molecule has 0 bridgehead atoms. The number of nitrogens with one attached hydrogen (secondary N) is 1. The summed E-state index contributed by atoms with van der Waals surface area (Å²) in [5.74, 6) is 0.488. The van der Waals surface area contributed by atoms with Crippen LogP contribution in [0.3, 0.4) is 0 Å². The summed E-state index contributed by atoms with van der Waals surface area (Å²) >= 11 is 0. The van der Waals surface area contributed by atoms with E-state index in [0.717, 1.165) is 19.4 Å². The summed E-state index contributed by atoms with van der Waals surface area (Å²) in [6.07, 6.45) is 2.79. The second-order valence-electron chi connectivity index (χ2n) is 4.49. The van der Waals surface area contributed by atoms with Crippen LogP contribution in [0.15, 0.2) is 0 Å². The van der Waals surface area contributed by atoms with Gasteiger partial charge in [0, 0.05) is 30.9 Å². The van der Waals surface area contributed by atoms with Crippen LogP contribution in [-0.4, -0.2) is 44.7 Å². The van der Waals surface area contributed by atoms with Crippen molar-refractivity contribution >= 4 is 9.84 Å². The van der Waals surface area contributed by atoms with Crippen LogP contribution in [0.4, 0.5) is 0 Å². The zero-order chi connectivity index (χ0) is 11.4. The van der Waals surface area contributed by atoms with Crippen LogP contribution in [0.25, 0.3) is 0 Å². The molecule has 1 aliphatic carbocycles. The lowest BCUT2D eigenvalue weighted by Gasteiger charge is -2.12. The maximum Gasteiger partial charge on any atom is 0.151 e. The maximum absolute atomic E-state index is 11.4. The number of hydrogen-bond acceptors (Lipinski definition) is 4. The Labute approximate surface area is 92.0 Å². The third kappa shape index (κ3) is 4.49. The summed E-state index contributed by atoms with van der Waals surface area (Å²) in [4.78, 5) is 0. The summed E-state index contributed by atoms with van der Waals surface area (Å²) in [5.41, 5.74) is 0.0640. The number of rotatable bonds is 8. The van der Waals surface area contributed by atoms with Gasteiger partial charge in [0.2, 0.25) is 0 Å². The number of sulfone groups is 1. The van der Waals surface area contributed by atoms with Gasteiger partial charge in [-0.3, -0.25) is 0 Å². The fourth-order valence-electron chi connectivity index (χ4n) is 1.56. The third-order valence-electron chi connectivity index (χ3n) is 2.90. The van der Waals surface area contributed by atoms with Gasteiger partial charge in [-0.05, 0) is 19.3 Å². The lowest BCUT2D eigenvalue weighted by atomic mass is 10.1.